The van der Waals surface area contributed by atoms with Gasteiger partial charge in [-0.25, -0.2) is 0 Å². The van der Waals surface area contributed by atoms with Crippen molar-refractivity contribution in [2.45, 2.75) is 45.3 Å². The van der Waals surface area contributed by atoms with Crippen LogP contribution in [0.25, 0.3) is 0 Å². The van der Waals surface area contributed by atoms with Crippen LogP contribution in [0.15, 0.2) is 47.4 Å². The number of aromatic nitrogens is 1. The normalized spacial score (nSPS) is 17.5. The molecule has 0 N–H and O–H groups in total. The molecule has 2 amide bonds. The molecule has 6 nitrogen and oxygen atoms in total. The highest BCUT2D eigenvalue weighted by atomic mass is 16.2. The number of nitrogens with zero attached hydrogens (tertiary/aromatic N) is 3. The Kier molecular flexibility index (Phi) is 5.03. The Bertz CT molecular complexity index is 951. The largest absolute Gasteiger partial charge is 0.336 e. The summed E-state index contributed by atoms with van der Waals surface area (Å²) in [4.78, 5) is 40.9. The van der Waals surface area contributed by atoms with Crippen LogP contribution in [0.4, 0.5) is 0 Å². The lowest BCUT2D eigenvalue weighted by molar-refractivity contribution is -0.143. The van der Waals surface area contributed by atoms with Gasteiger partial charge in [0.2, 0.25) is 11.8 Å². The Balaban J connectivity index is 1.52. The third kappa shape index (κ3) is 3.59. The highest BCUT2D eigenvalue weighted by molar-refractivity contribution is 5.88. The number of benzene rings is 1. The lowest BCUT2D eigenvalue weighted by atomic mass is 10.0. The minimum Gasteiger partial charge on any atom is -0.336 e. The molecule has 0 spiro atoms. The molecule has 1 aromatic heterocycles. The summed E-state index contributed by atoms with van der Waals surface area (Å²) in [7, 11) is 0. The number of likely N-dealkylation sites (tertiary alicyclic amines) is 1. The first kappa shape index (κ1) is 18.5. The van der Waals surface area contributed by atoms with E-state index in [1.54, 1.807) is 15.5 Å². The van der Waals surface area contributed by atoms with Crippen LogP contribution < -0.4 is 5.56 Å². The highest BCUT2D eigenvalue weighted by Crippen LogP contribution is 2.21. The second kappa shape index (κ2) is 7.62. The first-order chi connectivity index (χ1) is 13.5. The Morgan fingerprint density at radius 1 is 1.07 bits per heavy atom. The summed E-state index contributed by atoms with van der Waals surface area (Å²) in [6, 6.07) is 11.1. The van der Waals surface area contributed by atoms with E-state index in [9.17, 15) is 14.4 Å². The van der Waals surface area contributed by atoms with Crippen molar-refractivity contribution in [1.29, 1.82) is 0 Å². The molecule has 2 aliphatic rings. The van der Waals surface area contributed by atoms with E-state index >= 15 is 0 Å². The first-order valence-electron chi connectivity index (χ1n) is 9.87. The van der Waals surface area contributed by atoms with E-state index in [0.717, 1.165) is 23.1 Å². The molecule has 0 saturated carbocycles. The van der Waals surface area contributed by atoms with Crippen LogP contribution in [0.1, 0.15) is 36.5 Å². The van der Waals surface area contributed by atoms with Crippen molar-refractivity contribution < 1.29 is 9.59 Å². The fraction of sp³-hybridized carbons (Fsp3) is 0.409. The summed E-state index contributed by atoms with van der Waals surface area (Å²) in [6.45, 7) is 4.06. The van der Waals surface area contributed by atoms with E-state index < -0.39 is 6.04 Å². The third-order valence-corrected chi connectivity index (χ3v) is 5.76. The van der Waals surface area contributed by atoms with Gasteiger partial charge < -0.3 is 14.4 Å². The van der Waals surface area contributed by atoms with Crippen molar-refractivity contribution in [3.8, 4) is 0 Å². The van der Waals surface area contributed by atoms with E-state index in [0.29, 0.717) is 39.0 Å². The van der Waals surface area contributed by atoms with Gasteiger partial charge in [0.1, 0.15) is 6.04 Å². The number of rotatable bonds is 4. The van der Waals surface area contributed by atoms with Gasteiger partial charge in [-0.15, -0.1) is 0 Å². The van der Waals surface area contributed by atoms with E-state index in [1.165, 1.54) is 0 Å². The summed E-state index contributed by atoms with van der Waals surface area (Å²) in [5.41, 5.74) is 3.08. The van der Waals surface area contributed by atoms with Crippen LogP contribution >= 0.6 is 0 Å². The van der Waals surface area contributed by atoms with Gasteiger partial charge in [0.15, 0.2) is 0 Å². The predicted molar refractivity (Wildman–Crippen MR) is 106 cm³/mol. The van der Waals surface area contributed by atoms with Crippen LogP contribution in [0, 0.1) is 0 Å². The standard InChI is InChI=1S/C22H25N3O3/c1-16(25-10-5-8-20(25)26)22(28)23-11-9-18-12-21(27)24(15-19(18)14-23)13-17-6-3-2-4-7-17/h2-4,6-7,12,15-16H,5,8-11,13-14H2,1H3. The van der Waals surface area contributed by atoms with E-state index in [-0.39, 0.29) is 17.4 Å². The molecular formula is C22H25N3O3. The van der Waals surface area contributed by atoms with Crippen LogP contribution in [0.5, 0.6) is 0 Å². The molecule has 6 heteroatoms. The van der Waals surface area contributed by atoms with Gasteiger partial charge >= 0.3 is 0 Å². The van der Waals surface area contributed by atoms with Gasteiger partial charge in [-0.05, 0) is 36.5 Å². The van der Waals surface area contributed by atoms with Gasteiger partial charge in [-0.1, -0.05) is 30.3 Å². The van der Waals surface area contributed by atoms with Crippen molar-refractivity contribution in [3.63, 3.8) is 0 Å². The Morgan fingerprint density at radius 3 is 2.57 bits per heavy atom. The average molecular weight is 379 g/mol. The van der Waals surface area contributed by atoms with Crippen molar-refractivity contribution in [2.75, 3.05) is 13.1 Å². The number of pyridine rings is 1. The van der Waals surface area contributed by atoms with Gasteiger partial charge in [0.05, 0.1) is 6.54 Å². The summed E-state index contributed by atoms with van der Waals surface area (Å²) < 4.78 is 1.70. The molecule has 0 radical (unpaired) electrons. The first-order valence-corrected chi connectivity index (χ1v) is 9.87. The number of carbonyl (C=O) groups excluding carboxylic acids is 2. The zero-order valence-corrected chi connectivity index (χ0v) is 16.1. The van der Waals surface area contributed by atoms with E-state index in [1.807, 2.05) is 48.4 Å². The lowest BCUT2D eigenvalue weighted by Crippen LogP contribution is -2.49. The molecule has 1 saturated heterocycles. The fourth-order valence-corrected chi connectivity index (χ4v) is 4.14. The molecule has 1 fully saturated rings. The van der Waals surface area contributed by atoms with E-state index in [2.05, 4.69) is 0 Å². The molecule has 4 rings (SSSR count). The summed E-state index contributed by atoms with van der Waals surface area (Å²) in [6.07, 6.45) is 3.91. The molecule has 0 aliphatic carbocycles. The van der Waals surface area contributed by atoms with Gasteiger partial charge in [0.25, 0.3) is 5.56 Å². The van der Waals surface area contributed by atoms with Gasteiger partial charge in [0, 0.05) is 38.3 Å². The van der Waals surface area contributed by atoms with Crippen LogP contribution in [-0.4, -0.2) is 45.3 Å². The molecule has 2 aliphatic heterocycles. The zero-order valence-electron chi connectivity index (χ0n) is 16.1. The number of carbonyl (C=O) groups is 2. The van der Waals surface area contributed by atoms with Crippen molar-refractivity contribution in [2.24, 2.45) is 0 Å². The second-order valence-electron chi connectivity index (χ2n) is 7.65. The average Bonchev–Trinajstić information content (AvgIpc) is 3.14. The minimum absolute atomic E-state index is 0.0123. The Morgan fingerprint density at radius 2 is 1.86 bits per heavy atom. The molecule has 1 atom stereocenters. The maximum atomic E-state index is 12.9. The molecular weight excluding hydrogens is 354 g/mol. The lowest BCUT2D eigenvalue weighted by Gasteiger charge is -2.33. The van der Waals surface area contributed by atoms with Crippen molar-refractivity contribution in [3.05, 3.63) is 69.6 Å². The van der Waals surface area contributed by atoms with Crippen LogP contribution in [0.3, 0.4) is 0 Å². The summed E-state index contributed by atoms with van der Waals surface area (Å²) in [5.74, 6) is 0.0525. The SMILES string of the molecule is CC(C(=O)N1CCc2cc(=O)n(Cc3ccccc3)cc2C1)N1CCCC1=O. The van der Waals surface area contributed by atoms with E-state index in [4.69, 9.17) is 0 Å². The Labute approximate surface area is 164 Å². The minimum atomic E-state index is -0.424. The predicted octanol–water partition coefficient (Wildman–Crippen LogP) is 1.79. The number of fused-ring (bicyclic) bond motifs is 1. The molecule has 0 bridgehead atoms. The highest BCUT2D eigenvalue weighted by Gasteiger charge is 2.33. The zero-order chi connectivity index (χ0) is 19.7. The number of hydrogen-bond acceptors (Lipinski definition) is 3. The topological polar surface area (TPSA) is 62.6 Å². The van der Waals surface area contributed by atoms with Crippen molar-refractivity contribution >= 4 is 11.8 Å². The molecule has 28 heavy (non-hydrogen) atoms. The molecule has 1 unspecified atom stereocenters. The third-order valence-electron chi connectivity index (χ3n) is 5.76. The molecule has 1 aromatic carbocycles. The number of hydrogen-bond donors (Lipinski definition) is 0. The molecule has 146 valence electrons. The smallest absolute Gasteiger partial charge is 0.251 e. The Hall–Kier alpha value is -2.89. The fourth-order valence-electron chi connectivity index (χ4n) is 4.14. The summed E-state index contributed by atoms with van der Waals surface area (Å²) >= 11 is 0. The second-order valence-corrected chi connectivity index (χ2v) is 7.65. The van der Waals surface area contributed by atoms with Gasteiger partial charge in [-0.3, -0.25) is 14.4 Å². The maximum absolute atomic E-state index is 12.9. The quantitative estimate of drug-likeness (QED) is 0.814. The van der Waals surface area contributed by atoms with Gasteiger partial charge in [-0.2, -0.15) is 0 Å². The number of amides is 2. The summed E-state index contributed by atoms with van der Waals surface area (Å²) in [5, 5.41) is 0. The maximum Gasteiger partial charge on any atom is 0.251 e. The molecule has 2 aromatic rings. The van der Waals surface area contributed by atoms with Crippen LogP contribution in [-0.2, 0) is 29.1 Å². The van der Waals surface area contributed by atoms with Crippen molar-refractivity contribution in [1.82, 2.24) is 14.4 Å². The van der Waals surface area contributed by atoms with Crippen LogP contribution in [0.2, 0.25) is 0 Å². The monoisotopic (exact) mass is 379 g/mol. The molecule has 3 heterocycles.